The molecule has 0 fully saturated rings. The van der Waals surface area contributed by atoms with Crippen molar-refractivity contribution < 1.29 is 0 Å². The molecule has 0 radical (unpaired) electrons. The van der Waals surface area contributed by atoms with Crippen molar-refractivity contribution in [3.63, 3.8) is 0 Å². The molecule has 1 unspecified atom stereocenters. The summed E-state index contributed by atoms with van der Waals surface area (Å²) in [6.45, 7) is 11.1. The minimum atomic E-state index is 0.707. The van der Waals surface area contributed by atoms with Gasteiger partial charge in [0.05, 0.1) is 0 Å². The van der Waals surface area contributed by atoms with E-state index in [1.54, 1.807) is 5.56 Å². The van der Waals surface area contributed by atoms with E-state index in [9.17, 15) is 0 Å². The van der Waals surface area contributed by atoms with E-state index in [-0.39, 0.29) is 0 Å². The summed E-state index contributed by atoms with van der Waals surface area (Å²) in [7, 11) is 0. The summed E-state index contributed by atoms with van der Waals surface area (Å²) in [4.78, 5) is 0. The van der Waals surface area contributed by atoms with Crippen molar-refractivity contribution in [2.45, 2.75) is 65.7 Å². The van der Waals surface area contributed by atoms with Gasteiger partial charge in [0.25, 0.3) is 0 Å². The molecule has 0 amide bonds. The van der Waals surface area contributed by atoms with Crippen LogP contribution in [0.2, 0.25) is 0 Å². The molecule has 0 aliphatic heterocycles. The number of rotatable bonds is 6. The average Bonchev–Trinajstić information content (AvgIpc) is 2.70. The standard InChI is InChI=1S/C19H28/c1-5-7-8-9-10-17-12-18-11-14(3)16(6-2)13-19(18)15(17)4/h11,13,17H,4-10,12H2,1-3H3. The van der Waals surface area contributed by atoms with Crippen molar-refractivity contribution in [2.75, 3.05) is 0 Å². The molecular weight excluding hydrogens is 228 g/mol. The summed E-state index contributed by atoms with van der Waals surface area (Å²) < 4.78 is 0. The molecule has 1 atom stereocenters. The predicted octanol–water partition coefficient (Wildman–Crippen LogP) is 5.71. The first-order chi connectivity index (χ1) is 9.17. The van der Waals surface area contributed by atoms with Gasteiger partial charge >= 0.3 is 0 Å². The first kappa shape index (κ1) is 14.4. The quantitative estimate of drug-likeness (QED) is 0.572. The third kappa shape index (κ3) is 3.11. The Morgan fingerprint density at radius 3 is 2.63 bits per heavy atom. The second-order valence-electron chi connectivity index (χ2n) is 6.07. The largest absolute Gasteiger partial charge is 0.0949 e. The molecule has 0 nitrogen and oxygen atoms in total. The maximum absolute atomic E-state index is 4.38. The Kier molecular flexibility index (Phi) is 4.85. The number of hydrogen-bond donors (Lipinski definition) is 0. The monoisotopic (exact) mass is 256 g/mol. The summed E-state index contributed by atoms with van der Waals surface area (Å²) >= 11 is 0. The Bertz CT molecular complexity index is 453. The number of aryl methyl sites for hydroxylation is 2. The summed E-state index contributed by atoms with van der Waals surface area (Å²) in [5.41, 5.74) is 7.36. The van der Waals surface area contributed by atoms with Crippen LogP contribution in [-0.2, 0) is 12.8 Å². The van der Waals surface area contributed by atoms with Gasteiger partial charge in [0, 0.05) is 0 Å². The van der Waals surface area contributed by atoms with Crippen LogP contribution in [0, 0.1) is 12.8 Å². The van der Waals surface area contributed by atoms with E-state index in [0.717, 1.165) is 6.42 Å². The maximum atomic E-state index is 4.38. The Hall–Kier alpha value is -1.04. The lowest BCUT2D eigenvalue weighted by Crippen LogP contribution is -1.97. The van der Waals surface area contributed by atoms with E-state index in [1.807, 2.05) is 0 Å². The molecule has 1 aliphatic rings. The number of unbranched alkanes of at least 4 members (excludes halogenated alkanes) is 3. The summed E-state index contributed by atoms with van der Waals surface area (Å²) in [6, 6.07) is 4.81. The van der Waals surface area contributed by atoms with Gasteiger partial charge in [-0.1, -0.05) is 58.2 Å². The van der Waals surface area contributed by atoms with Gasteiger partial charge in [-0.2, -0.15) is 0 Å². The molecule has 0 saturated carbocycles. The van der Waals surface area contributed by atoms with Crippen LogP contribution >= 0.6 is 0 Å². The van der Waals surface area contributed by atoms with Gasteiger partial charge in [0.1, 0.15) is 0 Å². The molecule has 1 aromatic carbocycles. The van der Waals surface area contributed by atoms with Crippen molar-refractivity contribution >= 4 is 5.57 Å². The number of hydrogen-bond acceptors (Lipinski definition) is 0. The van der Waals surface area contributed by atoms with Crippen LogP contribution in [0.3, 0.4) is 0 Å². The highest BCUT2D eigenvalue weighted by molar-refractivity contribution is 5.73. The van der Waals surface area contributed by atoms with Crippen molar-refractivity contribution in [1.29, 1.82) is 0 Å². The van der Waals surface area contributed by atoms with E-state index in [4.69, 9.17) is 0 Å². The Labute approximate surface area is 118 Å². The fourth-order valence-electron chi connectivity index (χ4n) is 3.36. The molecule has 1 aromatic rings. The molecule has 0 heteroatoms. The zero-order valence-electron chi connectivity index (χ0n) is 12.9. The van der Waals surface area contributed by atoms with Gasteiger partial charge in [-0.05, 0) is 59.9 Å². The Morgan fingerprint density at radius 1 is 1.16 bits per heavy atom. The smallest absolute Gasteiger partial charge is 0.0121 e. The summed E-state index contributed by atoms with van der Waals surface area (Å²) in [6.07, 6.45) is 9.14. The normalized spacial score (nSPS) is 17.8. The van der Waals surface area contributed by atoms with Crippen molar-refractivity contribution in [3.05, 3.63) is 41.0 Å². The minimum absolute atomic E-state index is 0.707. The molecule has 2 rings (SSSR count). The van der Waals surface area contributed by atoms with Crippen LogP contribution in [-0.4, -0.2) is 0 Å². The summed E-state index contributed by atoms with van der Waals surface area (Å²) in [5.74, 6) is 0.707. The fraction of sp³-hybridized carbons (Fsp3) is 0.579. The van der Waals surface area contributed by atoms with Crippen molar-refractivity contribution in [3.8, 4) is 0 Å². The van der Waals surface area contributed by atoms with E-state index in [1.165, 1.54) is 60.8 Å². The van der Waals surface area contributed by atoms with E-state index in [0.29, 0.717) is 5.92 Å². The molecule has 0 saturated heterocycles. The van der Waals surface area contributed by atoms with E-state index >= 15 is 0 Å². The van der Waals surface area contributed by atoms with Gasteiger partial charge in [0.2, 0.25) is 0 Å². The first-order valence-corrected chi connectivity index (χ1v) is 7.98. The minimum Gasteiger partial charge on any atom is -0.0949 e. The number of allylic oxidation sites excluding steroid dienone is 1. The molecular formula is C19H28. The lowest BCUT2D eigenvalue weighted by molar-refractivity contribution is 0.550. The van der Waals surface area contributed by atoms with Crippen LogP contribution in [0.4, 0.5) is 0 Å². The highest BCUT2D eigenvalue weighted by atomic mass is 14.3. The molecule has 0 spiro atoms. The molecule has 0 heterocycles. The summed E-state index contributed by atoms with van der Waals surface area (Å²) in [5, 5.41) is 0. The third-order valence-corrected chi connectivity index (χ3v) is 4.65. The average molecular weight is 256 g/mol. The predicted molar refractivity (Wildman–Crippen MR) is 85.5 cm³/mol. The Balaban J connectivity index is 2.04. The van der Waals surface area contributed by atoms with Crippen molar-refractivity contribution in [2.24, 2.45) is 5.92 Å². The number of fused-ring (bicyclic) bond motifs is 1. The van der Waals surface area contributed by atoms with E-state index < -0.39 is 0 Å². The van der Waals surface area contributed by atoms with Crippen LogP contribution in [0.15, 0.2) is 18.7 Å². The van der Waals surface area contributed by atoms with Crippen LogP contribution in [0.5, 0.6) is 0 Å². The van der Waals surface area contributed by atoms with Crippen LogP contribution in [0.25, 0.3) is 5.57 Å². The second kappa shape index (κ2) is 6.41. The fourth-order valence-corrected chi connectivity index (χ4v) is 3.36. The van der Waals surface area contributed by atoms with Crippen LogP contribution < -0.4 is 0 Å². The third-order valence-electron chi connectivity index (χ3n) is 4.65. The Morgan fingerprint density at radius 2 is 1.95 bits per heavy atom. The van der Waals surface area contributed by atoms with Gasteiger partial charge < -0.3 is 0 Å². The topological polar surface area (TPSA) is 0 Å². The van der Waals surface area contributed by atoms with Crippen LogP contribution in [0.1, 0.15) is 68.2 Å². The van der Waals surface area contributed by atoms with Crippen molar-refractivity contribution in [1.82, 2.24) is 0 Å². The second-order valence-corrected chi connectivity index (χ2v) is 6.07. The van der Waals surface area contributed by atoms with Gasteiger partial charge in [-0.25, -0.2) is 0 Å². The molecule has 0 aromatic heterocycles. The molecule has 0 bridgehead atoms. The first-order valence-electron chi connectivity index (χ1n) is 7.98. The van der Waals surface area contributed by atoms with Gasteiger partial charge in [0.15, 0.2) is 0 Å². The van der Waals surface area contributed by atoms with Gasteiger partial charge in [-0.3, -0.25) is 0 Å². The molecule has 19 heavy (non-hydrogen) atoms. The highest BCUT2D eigenvalue weighted by Crippen LogP contribution is 2.40. The SMILES string of the molecule is C=C1c2cc(CC)c(C)cc2CC1CCCCCC. The van der Waals surface area contributed by atoms with E-state index in [2.05, 4.69) is 39.5 Å². The lowest BCUT2D eigenvalue weighted by atomic mass is 9.94. The zero-order valence-corrected chi connectivity index (χ0v) is 12.9. The zero-order chi connectivity index (χ0) is 13.8. The van der Waals surface area contributed by atoms with Gasteiger partial charge in [-0.15, -0.1) is 0 Å². The number of benzene rings is 1. The molecule has 0 N–H and O–H groups in total. The lowest BCUT2D eigenvalue weighted by Gasteiger charge is -2.11. The maximum Gasteiger partial charge on any atom is -0.0121 e. The molecule has 104 valence electrons. The highest BCUT2D eigenvalue weighted by Gasteiger charge is 2.25. The molecule has 1 aliphatic carbocycles.